The van der Waals surface area contributed by atoms with Crippen molar-refractivity contribution in [2.24, 2.45) is 11.8 Å². The van der Waals surface area contributed by atoms with Crippen LogP contribution in [-0.4, -0.2) is 44.3 Å². The number of carbonyl (C=O) groups is 3. The Labute approximate surface area is 157 Å². The SMILES string of the molecule is COC(=O)C(NC(=O)C1CCCCC1C(=O)O)c1ccc(OC)cc1OC. The van der Waals surface area contributed by atoms with Gasteiger partial charge in [-0.3, -0.25) is 9.59 Å². The summed E-state index contributed by atoms with van der Waals surface area (Å²) >= 11 is 0. The first-order valence-electron chi connectivity index (χ1n) is 8.75. The van der Waals surface area contributed by atoms with Crippen LogP contribution in [0.3, 0.4) is 0 Å². The summed E-state index contributed by atoms with van der Waals surface area (Å²) in [5.74, 6) is -2.70. The molecule has 1 aromatic carbocycles. The summed E-state index contributed by atoms with van der Waals surface area (Å²) in [5.41, 5.74) is 0.404. The van der Waals surface area contributed by atoms with Crippen LogP contribution in [0.25, 0.3) is 0 Å². The second kappa shape index (κ2) is 9.25. The molecule has 0 heterocycles. The highest BCUT2D eigenvalue weighted by Crippen LogP contribution is 2.33. The smallest absolute Gasteiger partial charge is 0.333 e. The van der Waals surface area contributed by atoms with Gasteiger partial charge in [-0.2, -0.15) is 0 Å². The maximum atomic E-state index is 12.8. The number of hydrogen-bond acceptors (Lipinski definition) is 6. The first kappa shape index (κ1) is 20.5. The first-order chi connectivity index (χ1) is 12.9. The molecule has 8 nitrogen and oxygen atoms in total. The van der Waals surface area contributed by atoms with Crippen LogP contribution in [0, 0.1) is 11.8 Å². The number of amides is 1. The van der Waals surface area contributed by atoms with Gasteiger partial charge in [-0.15, -0.1) is 0 Å². The number of hydrogen-bond donors (Lipinski definition) is 2. The molecule has 0 spiro atoms. The van der Waals surface area contributed by atoms with Crippen molar-refractivity contribution < 1.29 is 33.7 Å². The quantitative estimate of drug-likeness (QED) is 0.696. The predicted octanol–water partition coefficient (Wildman–Crippen LogP) is 1.93. The standard InChI is InChI=1S/C19H25NO7/c1-25-11-8-9-14(15(10-11)26-2)16(19(24)27-3)20-17(21)12-6-4-5-7-13(12)18(22)23/h8-10,12-13,16H,4-7H2,1-3H3,(H,20,21)(H,22,23). The maximum absolute atomic E-state index is 12.8. The van der Waals surface area contributed by atoms with Crippen LogP contribution in [0.2, 0.25) is 0 Å². The molecule has 0 bridgehead atoms. The zero-order valence-electron chi connectivity index (χ0n) is 15.7. The third kappa shape index (κ3) is 4.69. The van der Waals surface area contributed by atoms with Gasteiger partial charge in [0.1, 0.15) is 11.5 Å². The van der Waals surface area contributed by atoms with Crippen molar-refractivity contribution in [3.63, 3.8) is 0 Å². The van der Waals surface area contributed by atoms with Crippen molar-refractivity contribution >= 4 is 17.8 Å². The number of carboxylic acid groups (broad SMARTS) is 1. The Hall–Kier alpha value is -2.77. The van der Waals surface area contributed by atoms with E-state index in [0.29, 0.717) is 29.9 Å². The van der Waals surface area contributed by atoms with Crippen LogP contribution in [-0.2, 0) is 19.1 Å². The Morgan fingerprint density at radius 2 is 1.74 bits per heavy atom. The number of carboxylic acids is 1. The second-order valence-corrected chi connectivity index (χ2v) is 6.41. The van der Waals surface area contributed by atoms with Gasteiger partial charge in [-0.05, 0) is 25.0 Å². The van der Waals surface area contributed by atoms with E-state index >= 15 is 0 Å². The van der Waals surface area contributed by atoms with Crippen molar-refractivity contribution in [2.45, 2.75) is 31.7 Å². The third-order valence-corrected chi connectivity index (χ3v) is 4.90. The molecule has 0 saturated heterocycles. The number of methoxy groups -OCH3 is 3. The van der Waals surface area contributed by atoms with Gasteiger partial charge in [0.25, 0.3) is 0 Å². The highest BCUT2D eigenvalue weighted by molar-refractivity contribution is 5.89. The van der Waals surface area contributed by atoms with E-state index in [1.807, 2.05) is 0 Å². The zero-order valence-corrected chi connectivity index (χ0v) is 15.7. The Morgan fingerprint density at radius 1 is 1.07 bits per heavy atom. The van der Waals surface area contributed by atoms with Gasteiger partial charge in [0.2, 0.25) is 5.91 Å². The topological polar surface area (TPSA) is 111 Å². The molecule has 0 radical (unpaired) electrons. The lowest BCUT2D eigenvalue weighted by Crippen LogP contribution is -2.43. The largest absolute Gasteiger partial charge is 0.497 e. The van der Waals surface area contributed by atoms with Crippen LogP contribution >= 0.6 is 0 Å². The van der Waals surface area contributed by atoms with E-state index in [-0.39, 0.29) is 0 Å². The fraction of sp³-hybridized carbons (Fsp3) is 0.526. The molecule has 148 valence electrons. The number of esters is 1. The van der Waals surface area contributed by atoms with Crippen molar-refractivity contribution in [1.82, 2.24) is 5.32 Å². The lowest BCUT2D eigenvalue weighted by molar-refractivity contribution is -0.150. The normalized spacial score (nSPS) is 20.3. The van der Waals surface area contributed by atoms with Crippen LogP contribution in [0.4, 0.5) is 0 Å². The molecule has 1 fully saturated rings. The number of benzene rings is 1. The van der Waals surface area contributed by atoms with Crippen molar-refractivity contribution in [3.8, 4) is 11.5 Å². The van der Waals surface area contributed by atoms with Gasteiger partial charge < -0.3 is 24.6 Å². The predicted molar refractivity (Wildman–Crippen MR) is 95.5 cm³/mol. The summed E-state index contributed by atoms with van der Waals surface area (Å²) < 4.78 is 15.3. The van der Waals surface area contributed by atoms with E-state index in [4.69, 9.17) is 14.2 Å². The van der Waals surface area contributed by atoms with Crippen molar-refractivity contribution in [3.05, 3.63) is 23.8 Å². The molecular formula is C19H25NO7. The molecule has 1 aliphatic carbocycles. The fourth-order valence-corrected chi connectivity index (χ4v) is 3.43. The summed E-state index contributed by atoms with van der Waals surface area (Å²) in [5, 5.41) is 12.1. The van der Waals surface area contributed by atoms with Crippen LogP contribution < -0.4 is 14.8 Å². The molecule has 0 aromatic heterocycles. The first-order valence-corrected chi connectivity index (χ1v) is 8.75. The lowest BCUT2D eigenvalue weighted by Gasteiger charge is -2.29. The van der Waals surface area contributed by atoms with E-state index in [9.17, 15) is 19.5 Å². The van der Waals surface area contributed by atoms with Crippen LogP contribution in [0.1, 0.15) is 37.3 Å². The summed E-state index contributed by atoms with van der Waals surface area (Å²) in [6, 6.07) is 3.73. The molecule has 27 heavy (non-hydrogen) atoms. The molecule has 1 saturated carbocycles. The summed E-state index contributed by atoms with van der Waals surface area (Å²) in [6.45, 7) is 0. The van der Waals surface area contributed by atoms with Gasteiger partial charge >= 0.3 is 11.9 Å². The average Bonchev–Trinajstić information content (AvgIpc) is 2.70. The van der Waals surface area contributed by atoms with Crippen LogP contribution in [0.15, 0.2) is 18.2 Å². The molecule has 0 aliphatic heterocycles. The molecular weight excluding hydrogens is 354 g/mol. The number of rotatable bonds is 7. The fourth-order valence-electron chi connectivity index (χ4n) is 3.43. The van der Waals surface area contributed by atoms with Gasteiger partial charge in [0.15, 0.2) is 6.04 Å². The number of aliphatic carboxylic acids is 1. The Morgan fingerprint density at radius 3 is 2.30 bits per heavy atom. The van der Waals surface area contributed by atoms with Gasteiger partial charge in [-0.1, -0.05) is 12.8 Å². The molecule has 3 atom stereocenters. The van der Waals surface area contributed by atoms with E-state index in [0.717, 1.165) is 12.8 Å². The lowest BCUT2D eigenvalue weighted by atomic mass is 9.78. The van der Waals surface area contributed by atoms with E-state index in [2.05, 4.69) is 5.32 Å². The van der Waals surface area contributed by atoms with E-state index in [1.165, 1.54) is 21.3 Å². The van der Waals surface area contributed by atoms with Crippen molar-refractivity contribution in [1.29, 1.82) is 0 Å². The molecule has 1 aromatic rings. The molecule has 2 rings (SSSR count). The minimum atomic E-state index is -1.11. The third-order valence-electron chi connectivity index (χ3n) is 4.90. The minimum absolute atomic E-state index is 0.350. The monoisotopic (exact) mass is 379 g/mol. The summed E-state index contributed by atoms with van der Waals surface area (Å²) in [6.07, 6.45) is 2.46. The zero-order chi connectivity index (χ0) is 20.0. The molecule has 2 N–H and O–H groups in total. The summed E-state index contributed by atoms with van der Waals surface area (Å²) in [7, 11) is 4.16. The Balaban J connectivity index is 2.31. The molecule has 3 unspecified atom stereocenters. The van der Waals surface area contributed by atoms with E-state index in [1.54, 1.807) is 18.2 Å². The Kier molecular flexibility index (Phi) is 7.04. The molecule has 1 aliphatic rings. The van der Waals surface area contributed by atoms with Crippen molar-refractivity contribution in [2.75, 3.05) is 21.3 Å². The van der Waals surface area contributed by atoms with Gasteiger partial charge in [0, 0.05) is 11.6 Å². The maximum Gasteiger partial charge on any atom is 0.333 e. The highest BCUT2D eigenvalue weighted by atomic mass is 16.5. The van der Waals surface area contributed by atoms with E-state index < -0.39 is 35.7 Å². The molecule has 8 heteroatoms. The number of nitrogens with one attached hydrogen (secondary N) is 1. The minimum Gasteiger partial charge on any atom is -0.497 e. The second-order valence-electron chi connectivity index (χ2n) is 6.41. The van der Waals surface area contributed by atoms with Gasteiger partial charge in [0.05, 0.1) is 33.2 Å². The highest BCUT2D eigenvalue weighted by Gasteiger charge is 2.38. The van der Waals surface area contributed by atoms with Crippen LogP contribution in [0.5, 0.6) is 11.5 Å². The summed E-state index contributed by atoms with van der Waals surface area (Å²) in [4.78, 5) is 36.6. The number of ether oxygens (including phenoxy) is 3. The molecule has 1 amide bonds. The average molecular weight is 379 g/mol. The Bertz CT molecular complexity index is 703. The van der Waals surface area contributed by atoms with Gasteiger partial charge in [-0.25, -0.2) is 4.79 Å². The number of carbonyl (C=O) groups excluding carboxylic acids is 2.